The Balaban J connectivity index is 2.10. The fourth-order valence-electron chi connectivity index (χ4n) is 2.17. The van der Waals surface area contributed by atoms with Crippen molar-refractivity contribution in [3.63, 3.8) is 0 Å². The second-order valence-corrected chi connectivity index (χ2v) is 6.30. The lowest BCUT2D eigenvalue weighted by Gasteiger charge is -2.30. The Morgan fingerprint density at radius 1 is 1.05 bits per heavy atom. The fraction of sp³-hybridized carbons (Fsp3) is 0.500. The molecule has 0 bridgehead atoms. The van der Waals surface area contributed by atoms with Crippen LogP contribution in [0.4, 0.5) is 0 Å². The van der Waals surface area contributed by atoms with E-state index in [4.69, 9.17) is 14.2 Å². The minimum Gasteiger partial charge on any atom is -0.497 e. The molecular formula is C16H20O5. The predicted octanol–water partition coefficient (Wildman–Crippen LogP) is 2.85. The highest BCUT2D eigenvalue weighted by molar-refractivity contribution is 5.96. The number of hydrogen-bond acceptors (Lipinski definition) is 5. The lowest BCUT2D eigenvalue weighted by atomic mass is 9.84. The maximum Gasteiger partial charge on any atom is 0.323 e. The zero-order chi connectivity index (χ0) is 15.6. The number of cyclic esters (lactones) is 2. The van der Waals surface area contributed by atoms with Gasteiger partial charge < -0.3 is 14.2 Å². The summed E-state index contributed by atoms with van der Waals surface area (Å²) in [5.41, 5.74) is 0.446. The van der Waals surface area contributed by atoms with E-state index in [-0.39, 0.29) is 5.41 Å². The molecule has 0 spiro atoms. The van der Waals surface area contributed by atoms with Gasteiger partial charge >= 0.3 is 11.9 Å². The average molecular weight is 292 g/mol. The Labute approximate surface area is 124 Å². The third kappa shape index (κ3) is 3.74. The standard InChI is InChI=1S/C16H20O5/c1-16(2,3)9-12-13(17)20-15(21-14(12)18)10-5-7-11(19-4)8-6-10/h5-8,12,15H,9H2,1-4H3. The summed E-state index contributed by atoms with van der Waals surface area (Å²) in [5, 5.41) is 0. The predicted molar refractivity (Wildman–Crippen MR) is 75.5 cm³/mol. The monoisotopic (exact) mass is 292 g/mol. The molecule has 114 valence electrons. The van der Waals surface area contributed by atoms with Crippen LogP contribution in [0.1, 0.15) is 39.0 Å². The number of ether oxygens (including phenoxy) is 3. The minimum absolute atomic E-state index is 0.157. The first kappa shape index (κ1) is 15.4. The van der Waals surface area contributed by atoms with Crippen LogP contribution in [0.25, 0.3) is 0 Å². The van der Waals surface area contributed by atoms with Gasteiger partial charge in [0.25, 0.3) is 6.29 Å². The van der Waals surface area contributed by atoms with Crippen LogP contribution in [0.3, 0.4) is 0 Å². The highest BCUT2D eigenvalue weighted by Crippen LogP contribution is 2.33. The molecule has 0 aromatic heterocycles. The van der Waals surface area contributed by atoms with E-state index in [9.17, 15) is 9.59 Å². The van der Waals surface area contributed by atoms with E-state index >= 15 is 0 Å². The van der Waals surface area contributed by atoms with Crippen molar-refractivity contribution in [1.82, 2.24) is 0 Å². The highest BCUT2D eigenvalue weighted by atomic mass is 16.7. The largest absolute Gasteiger partial charge is 0.497 e. The van der Waals surface area contributed by atoms with Crippen LogP contribution in [-0.2, 0) is 19.1 Å². The summed E-state index contributed by atoms with van der Waals surface area (Å²) >= 11 is 0. The van der Waals surface area contributed by atoms with Gasteiger partial charge in [0.2, 0.25) is 0 Å². The second-order valence-electron chi connectivity index (χ2n) is 6.30. The van der Waals surface area contributed by atoms with Gasteiger partial charge in [-0.05, 0) is 36.1 Å². The summed E-state index contributed by atoms with van der Waals surface area (Å²) in [6.45, 7) is 5.88. The molecule has 5 nitrogen and oxygen atoms in total. The van der Waals surface area contributed by atoms with Gasteiger partial charge in [0.1, 0.15) is 5.75 Å². The Hall–Kier alpha value is -2.04. The fourth-order valence-corrected chi connectivity index (χ4v) is 2.17. The molecule has 0 aliphatic carbocycles. The number of carbonyl (C=O) groups is 2. The van der Waals surface area contributed by atoms with E-state index in [1.54, 1.807) is 31.4 Å². The summed E-state index contributed by atoms with van der Waals surface area (Å²) < 4.78 is 15.6. The first-order chi connectivity index (χ1) is 9.80. The number of benzene rings is 1. The molecule has 0 saturated carbocycles. The first-order valence-corrected chi connectivity index (χ1v) is 6.85. The maximum atomic E-state index is 12.0. The summed E-state index contributed by atoms with van der Waals surface area (Å²) in [5.74, 6) is -1.22. The quantitative estimate of drug-likeness (QED) is 0.633. The van der Waals surface area contributed by atoms with Crippen LogP contribution in [0.2, 0.25) is 0 Å². The van der Waals surface area contributed by atoms with Crippen molar-refractivity contribution < 1.29 is 23.8 Å². The van der Waals surface area contributed by atoms with Crippen molar-refractivity contribution in [2.45, 2.75) is 33.5 Å². The molecule has 1 aliphatic heterocycles. The lowest BCUT2D eigenvalue weighted by Crippen LogP contribution is -2.38. The van der Waals surface area contributed by atoms with E-state index in [1.807, 2.05) is 20.8 Å². The third-order valence-corrected chi connectivity index (χ3v) is 3.22. The zero-order valence-corrected chi connectivity index (χ0v) is 12.7. The van der Waals surface area contributed by atoms with Crippen LogP contribution in [0, 0.1) is 11.3 Å². The molecule has 0 radical (unpaired) electrons. The Bertz CT molecular complexity index is 509. The van der Waals surface area contributed by atoms with Crippen molar-refractivity contribution in [2.75, 3.05) is 7.11 Å². The van der Waals surface area contributed by atoms with Crippen molar-refractivity contribution in [3.8, 4) is 5.75 Å². The molecule has 0 N–H and O–H groups in total. The minimum atomic E-state index is -0.980. The Morgan fingerprint density at radius 2 is 1.57 bits per heavy atom. The van der Waals surface area contributed by atoms with Crippen LogP contribution in [0.5, 0.6) is 5.75 Å². The van der Waals surface area contributed by atoms with Gasteiger partial charge in [0.15, 0.2) is 5.92 Å². The molecule has 0 unspecified atom stereocenters. The van der Waals surface area contributed by atoms with Gasteiger partial charge in [-0.25, -0.2) is 0 Å². The number of rotatable bonds is 3. The summed E-state index contributed by atoms with van der Waals surface area (Å²) in [7, 11) is 1.56. The smallest absolute Gasteiger partial charge is 0.323 e. The second kappa shape index (κ2) is 5.76. The zero-order valence-electron chi connectivity index (χ0n) is 12.7. The number of methoxy groups -OCH3 is 1. The van der Waals surface area contributed by atoms with Crippen LogP contribution < -0.4 is 4.74 Å². The molecule has 1 heterocycles. The molecule has 1 fully saturated rings. The maximum absolute atomic E-state index is 12.0. The lowest BCUT2D eigenvalue weighted by molar-refractivity contribution is -0.215. The Morgan fingerprint density at radius 3 is 2.00 bits per heavy atom. The molecule has 1 saturated heterocycles. The number of hydrogen-bond donors (Lipinski definition) is 0. The normalized spacial score (nSPS) is 22.5. The molecule has 5 heteroatoms. The van der Waals surface area contributed by atoms with E-state index < -0.39 is 24.1 Å². The summed E-state index contributed by atoms with van der Waals surface area (Å²) in [4.78, 5) is 24.1. The highest BCUT2D eigenvalue weighted by Gasteiger charge is 2.41. The van der Waals surface area contributed by atoms with E-state index in [0.717, 1.165) is 0 Å². The molecule has 2 rings (SSSR count). The van der Waals surface area contributed by atoms with Gasteiger partial charge in [-0.1, -0.05) is 20.8 Å². The molecule has 1 aromatic carbocycles. The molecule has 21 heavy (non-hydrogen) atoms. The van der Waals surface area contributed by atoms with Gasteiger partial charge in [-0.15, -0.1) is 0 Å². The SMILES string of the molecule is COc1ccc(C2OC(=O)C(CC(C)(C)C)C(=O)O2)cc1. The third-order valence-electron chi connectivity index (χ3n) is 3.22. The van der Waals surface area contributed by atoms with Crippen molar-refractivity contribution in [2.24, 2.45) is 11.3 Å². The van der Waals surface area contributed by atoms with Crippen LogP contribution >= 0.6 is 0 Å². The summed E-state index contributed by atoms with van der Waals surface area (Å²) in [6, 6.07) is 6.85. The van der Waals surface area contributed by atoms with Crippen LogP contribution in [0.15, 0.2) is 24.3 Å². The van der Waals surface area contributed by atoms with Gasteiger partial charge in [-0.3, -0.25) is 9.59 Å². The summed E-state index contributed by atoms with van der Waals surface area (Å²) in [6.07, 6.45) is -0.577. The van der Waals surface area contributed by atoms with Crippen LogP contribution in [-0.4, -0.2) is 19.0 Å². The van der Waals surface area contributed by atoms with Gasteiger partial charge in [0.05, 0.1) is 7.11 Å². The van der Waals surface area contributed by atoms with E-state index in [1.165, 1.54) is 0 Å². The topological polar surface area (TPSA) is 61.8 Å². The van der Waals surface area contributed by atoms with E-state index in [2.05, 4.69) is 0 Å². The van der Waals surface area contributed by atoms with Crippen molar-refractivity contribution >= 4 is 11.9 Å². The first-order valence-electron chi connectivity index (χ1n) is 6.85. The van der Waals surface area contributed by atoms with Gasteiger partial charge in [-0.2, -0.15) is 0 Å². The van der Waals surface area contributed by atoms with Crippen molar-refractivity contribution in [3.05, 3.63) is 29.8 Å². The van der Waals surface area contributed by atoms with Crippen molar-refractivity contribution in [1.29, 1.82) is 0 Å². The number of carbonyl (C=O) groups excluding carboxylic acids is 2. The van der Waals surface area contributed by atoms with Gasteiger partial charge in [0, 0.05) is 5.56 Å². The van der Waals surface area contributed by atoms with E-state index in [0.29, 0.717) is 17.7 Å². The molecule has 1 aliphatic rings. The average Bonchev–Trinajstić information content (AvgIpc) is 2.42. The molecule has 1 aromatic rings. The molecule has 0 atom stereocenters. The number of esters is 2. The molecular weight excluding hydrogens is 272 g/mol. The Kier molecular flexibility index (Phi) is 4.21. The molecule has 0 amide bonds.